The number of nitro groups is 1. The van der Waals surface area contributed by atoms with Gasteiger partial charge >= 0.3 is 5.97 Å². The van der Waals surface area contributed by atoms with Gasteiger partial charge in [-0.3, -0.25) is 24.5 Å². The third-order valence-electron chi connectivity index (χ3n) is 4.83. The van der Waals surface area contributed by atoms with Gasteiger partial charge in [0, 0.05) is 36.3 Å². The van der Waals surface area contributed by atoms with Crippen molar-refractivity contribution in [3.63, 3.8) is 0 Å². The Morgan fingerprint density at radius 1 is 1.14 bits per heavy atom. The molecule has 1 saturated heterocycles. The summed E-state index contributed by atoms with van der Waals surface area (Å²) in [5.74, 6) is -1.91. The lowest BCUT2D eigenvalue weighted by Crippen LogP contribution is -2.30. The van der Waals surface area contributed by atoms with Crippen LogP contribution >= 0.6 is 0 Å². The first-order valence-electron chi connectivity index (χ1n) is 9.12. The van der Waals surface area contributed by atoms with Crippen LogP contribution in [0.3, 0.4) is 0 Å². The predicted molar refractivity (Wildman–Crippen MR) is 105 cm³/mol. The van der Waals surface area contributed by atoms with Gasteiger partial charge in [0.1, 0.15) is 0 Å². The van der Waals surface area contributed by atoms with Crippen LogP contribution in [0.2, 0.25) is 0 Å². The van der Waals surface area contributed by atoms with E-state index in [0.29, 0.717) is 11.3 Å². The monoisotopic (exact) mass is 396 g/mol. The van der Waals surface area contributed by atoms with Gasteiger partial charge in [-0.05, 0) is 26.0 Å². The van der Waals surface area contributed by atoms with E-state index in [2.05, 4.69) is 0 Å². The van der Waals surface area contributed by atoms with E-state index in [1.54, 1.807) is 24.3 Å². The number of Topliss-reactive ketones (excluding diaryl/α,β-unsaturated/α-hetero) is 1. The number of esters is 1. The number of benzene rings is 2. The number of non-ortho nitro benzene ring substituents is 1. The SMILES string of the molecule is Cc1ccc(C(=O)[C@H](C)OC(=O)[C@H]2CC(=O)N(c3ccc([N+](=O)[O-])cc3)C2)cc1. The summed E-state index contributed by atoms with van der Waals surface area (Å²) < 4.78 is 5.31. The molecule has 0 spiro atoms. The summed E-state index contributed by atoms with van der Waals surface area (Å²) in [4.78, 5) is 48.8. The zero-order valence-electron chi connectivity index (χ0n) is 16.0. The number of ether oxygens (including phenoxy) is 1. The number of nitrogens with zero attached hydrogens (tertiary/aromatic N) is 2. The summed E-state index contributed by atoms with van der Waals surface area (Å²) >= 11 is 0. The minimum atomic E-state index is -0.964. The zero-order chi connectivity index (χ0) is 21.1. The molecule has 8 heteroatoms. The first-order valence-corrected chi connectivity index (χ1v) is 9.12. The second-order valence-electron chi connectivity index (χ2n) is 6.99. The molecule has 1 aliphatic heterocycles. The average Bonchev–Trinajstić information content (AvgIpc) is 3.10. The minimum Gasteiger partial charge on any atom is -0.454 e. The normalized spacial score (nSPS) is 17.1. The van der Waals surface area contributed by atoms with Crippen molar-refractivity contribution in [1.82, 2.24) is 0 Å². The van der Waals surface area contributed by atoms with Crippen LogP contribution in [0, 0.1) is 23.0 Å². The molecule has 0 aliphatic carbocycles. The standard InChI is InChI=1S/C21H20N2O6/c1-13-3-5-15(6-4-13)20(25)14(2)29-21(26)16-11-19(24)22(12-16)17-7-9-18(10-8-17)23(27)28/h3-10,14,16H,11-12H2,1-2H3/t14-,16-/m0/s1. The van der Waals surface area contributed by atoms with Crippen molar-refractivity contribution in [3.05, 3.63) is 69.8 Å². The van der Waals surface area contributed by atoms with E-state index in [0.717, 1.165) is 5.56 Å². The molecule has 29 heavy (non-hydrogen) atoms. The molecule has 0 saturated carbocycles. The maximum Gasteiger partial charge on any atom is 0.312 e. The fraction of sp³-hybridized carbons (Fsp3) is 0.286. The third kappa shape index (κ3) is 4.48. The highest BCUT2D eigenvalue weighted by atomic mass is 16.6. The number of rotatable bonds is 6. The average molecular weight is 396 g/mol. The van der Waals surface area contributed by atoms with Crippen molar-refractivity contribution in [2.45, 2.75) is 26.4 Å². The summed E-state index contributed by atoms with van der Waals surface area (Å²) in [6.45, 7) is 3.51. The quantitative estimate of drug-likeness (QED) is 0.321. The smallest absolute Gasteiger partial charge is 0.312 e. The predicted octanol–water partition coefficient (Wildman–Crippen LogP) is 3.07. The summed E-state index contributed by atoms with van der Waals surface area (Å²) in [6, 6.07) is 12.5. The van der Waals surface area contributed by atoms with E-state index in [9.17, 15) is 24.5 Å². The van der Waals surface area contributed by atoms with Gasteiger partial charge in [-0.2, -0.15) is 0 Å². The minimum absolute atomic E-state index is 0.0404. The Labute approximate surface area is 167 Å². The number of hydrogen-bond donors (Lipinski definition) is 0. The van der Waals surface area contributed by atoms with Gasteiger partial charge in [-0.1, -0.05) is 29.8 Å². The summed E-state index contributed by atoms with van der Waals surface area (Å²) in [7, 11) is 0. The molecular weight excluding hydrogens is 376 g/mol. The summed E-state index contributed by atoms with van der Waals surface area (Å²) in [5, 5.41) is 10.8. The van der Waals surface area contributed by atoms with Crippen LogP contribution in [0.1, 0.15) is 29.3 Å². The van der Waals surface area contributed by atoms with E-state index < -0.39 is 22.9 Å². The summed E-state index contributed by atoms with van der Waals surface area (Å²) in [5.41, 5.74) is 1.85. The second kappa shape index (κ2) is 8.22. The molecule has 0 unspecified atom stereocenters. The number of aryl methyl sites for hydroxylation is 1. The molecule has 8 nitrogen and oxygen atoms in total. The zero-order valence-corrected chi connectivity index (χ0v) is 16.0. The molecule has 1 heterocycles. The molecule has 0 N–H and O–H groups in total. The summed E-state index contributed by atoms with van der Waals surface area (Å²) in [6.07, 6.45) is -1.00. The lowest BCUT2D eigenvalue weighted by Gasteiger charge is -2.17. The number of ketones is 1. The van der Waals surface area contributed by atoms with Gasteiger partial charge in [-0.15, -0.1) is 0 Å². The van der Waals surface area contributed by atoms with Gasteiger partial charge in [0.05, 0.1) is 10.8 Å². The Morgan fingerprint density at radius 3 is 2.34 bits per heavy atom. The molecule has 1 aliphatic rings. The van der Waals surface area contributed by atoms with Crippen molar-refractivity contribution in [3.8, 4) is 0 Å². The van der Waals surface area contributed by atoms with E-state index in [4.69, 9.17) is 4.74 Å². The van der Waals surface area contributed by atoms with E-state index in [1.165, 1.54) is 36.1 Å². The molecule has 2 atom stereocenters. The highest BCUT2D eigenvalue weighted by molar-refractivity contribution is 6.02. The first kappa shape index (κ1) is 20.2. The number of carbonyl (C=O) groups is 3. The van der Waals surface area contributed by atoms with Crippen molar-refractivity contribution in [2.24, 2.45) is 5.92 Å². The molecule has 150 valence electrons. The van der Waals surface area contributed by atoms with Crippen molar-refractivity contribution < 1.29 is 24.0 Å². The lowest BCUT2D eigenvalue weighted by molar-refractivity contribution is -0.384. The molecule has 1 fully saturated rings. The van der Waals surface area contributed by atoms with Gasteiger partial charge in [-0.25, -0.2) is 0 Å². The molecule has 1 amide bonds. The van der Waals surface area contributed by atoms with Crippen LogP contribution in [0.15, 0.2) is 48.5 Å². The number of hydrogen-bond acceptors (Lipinski definition) is 6. The highest BCUT2D eigenvalue weighted by Crippen LogP contribution is 2.27. The Bertz CT molecular complexity index is 952. The van der Waals surface area contributed by atoms with Crippen LogP contribution in [-0.4, -0.2) is 35.2 Å². The fourth-order valence-electron chi connectivity index (χ4n) is 3.15. The molecule has 2 aromatic carbocycles. The maximum absolute atomic E-state index is 12.5. The van der Waals surface area contributed by atoms with Crippen LogP contribution in [0.4, 0.5) is 11.4 Å². The van der Waals surface area contributed by atoms with E-state index in [-0.39, 0.29) is 30.3 Å². The topological polar surface area (TPSA) is 107 Å². The number of amides is 1. The van der Waals surface area contributed by atoms with Gasteiger partial charge in [0.15, 0.2) is 6.10 Å². The fourth-order valence-corrected chi connectivity index (χ4v) is 3.15. The van der Waals surface area contributed by atoms with Crippen molar-refractivity contribution >= 4 is 29.0 Å². The molecule has 3 rings (SSSR count). The molecule has 2 aromatic rings. The van der Waals surface area contributed by atoms with Gasteiger partial charge < -0.3 is 9.64 Å². The van der Waals surface area contributed by atoms with E-state index >= 15 is 0 Å². The lowest BCUT2D eigenvalue weighted by atomic mass is 10.1. The Kier molecular flexibility index (Phi) is 5.72. The maximum atomic E-state index is 12.5. The van der Waals surface area contributed by atoms with E-state index in [1.807, 2.05) is 6.92 Å². The second-order valence-corrected chi connectivity index (χ2v) is 6.99. The van der Waals surface area contributed by atoms with Crippen molar-refractivity contribution in [1.29, 1.82) is 0 Å². The molecule has 0 aromatic heterocycles. The first-order chi connectivity index (χ1) is 13.8. The van der Waals surface area contributed by atoms with Crippen LogP contribution in [0.5, 0.6) is 0 Å². The van der Waals surface area contributed by atoms with Crippen LogP contribution in [-0.2, 0) is 14.3 Å². The largest absolute Gasteiger partial charge is 0.454 e. The van der Waals surface area contributed by atoms with Crippen molar-refractivity contribution in [2.75, 3.05) is 11.4 Å². The number of carbonyl (C=O) groups excluding carboxylic acids is 3. The highest BCUT2D eigenvalue weighted by Gasteiger charge is 2.37. The third-order valence-corrected chi connectivity index (χ3v) is 4.83. The Balaban J connectivity index is 1.63. The molecule has 0 radical (unpaired) electrons. The van der Waals surface area contributed by atoms with Gasteiger partial charge in [0.25, 0.3) is 5.69 Å². The molecular formula is C21H20N2O6. The number of nitro benzene ring substituents is 1. The number of anilines is 1. The molecule has 0 bridgehead atoms. The Morgan fingerprint density at radius 2 is 1.76 bits per heavy atom. The van der Waals surface area contributed by atoms with Gasteiger partial charge in [0.2, 0.25) is 11.7 Å². The Hall–Kier alpha value is -3.55. The van der Waals surface area contributed by atoms with Crippen LogP contribution < -0.4 is 4.90 Å². The van der Waals surface area contributed by atoms with Crippen LogP contribution in [0.25, 0.3) is 0 Å².